The van der Waals surface area contributed by atoms with Crippen LogP contribution in [0.3, 0.4) is 0 Å². The quantitative estimate of drug-likeness (QED) is 0.822. The molecule has 21 heavy (non-hydrogen) atoms. The van der Waals surface area contributed by atoms with E-state index in [1.54, 1.807) is 0 Å². The lowest BCUT2D eigenvalue weighted by molar-refractivity contribution is -0.0846. The van der Waals surface area contributed by atoms with Crippen molar-refractivity contribution in [3.8, 4) is 0 Å². The number of nitrogens with one attached hydrogen (secondary N) is 1. The summed E-state index contributed by atoms with van der Waals surface area (Å²) in [7, 11) is -3.93. The van der Waals surface area contributed by atoms with Gasteiger partial charge in [-0.05, 0) is 18.2 Å². The minimum atomic E-state index is -3.93. The smallest absolute Gasteiger partial charge is 0.335 e. The Morgan fingerprint density at radius 2 is 2.19 bits per heavy atom. The molecule has 1 aliphatic rings. The Labute approximate surface area is 126 Å². The molecule has 1 saturated heterocycles. The number of carboxylic acids is 1. The van der Waals surface area contributed by atoms with E-state index in [2.05, 4.69) is 4.72 Å². The minimum absolute atomic E-state index is 0.0238. The Kier molecular flexibility index (Phi) is 5.17. The second-order valence-electron chi connectivity index (χ2n) is 4.37. The van der Waals surface area contributed by atoms with Crippen molar-refractivity contribution >= 4 is 27.6 Å². The number of rotatable bonds is 5. The lowest BCUT2D eigenvalue weighted by atomic mass is 10.2. The van der Waals surface area contributed by atoms with Gasteiger partial charge < -0.3 is 14.6 Å². The number of ether oxygens (including phenoxy) is 2. The normalized spacial score (nSPS) is 19.4. The fraction of sp³-hybridized carbons (Fsp3) is 0.417. The van der Waals surface area contributed by atoms with Crippen LogP contribution in [0, 0.1) is 0 Å². The number of halogens is 1. The average Bonchev–Trinajstić information content (AvgIpc) is 2.46. The van der Waals surface area contributed by atoms with Gasteiger partial charge >= 0.3 is 5.97 Å². The third-order valence-electron chi connectivity index (χ3n) is 2.85. The molecule has 0 aliphatic carbocycles. The molecule has 1 atom stereocenters. The van der Waals surface area contributed by atoms with Crippen molar-refractivity contribution in [2.24, 2.45) is 0 Å². The first kappa shape index (κ1) is 16.2. The van der Waals surface area contributed by atoms with Gasteiger partial charge in [-0.25, -0.2) is 17.9 Å². The van der Waals surface area contributed by atoms with Gasteiger partial charge in [-0.3, -0.25) is 0 Å². The van der Waals surface area contributed by atoms with E-state index in [9.17, 15) is 13.2 Å². The monoisotopic (exact) mass is 335 g/mol. The Morgan fingerprint density at radius 3 is 2.81 bits per heavy atom. The number of hydrogen-bond acceptors (Lipinski definition) is 5. The van der Waals surface area contributed by atoms with Crippen LogP contribution in [-0.4, -0.2) is 52.0 Å². The fourth-order valence-electron chi connectivity index (χ4n) is 1.78. The van der Waals surface area contributed by atoms with Crippen molar-refractivity contribution in [2.75, 3.05) is 26.4 Å². The van der Waals surface area contributed by atoms with E-state index < -0.39 is 16.0 Å². The molecule has 0 radical (unpaired) electrons. The second-order valence-corrected chi connectivity index (χ2v) is 6.51. The highest BCUT2D eigenvalue weighted by Gasteiger charge is 2.22. The molecule has 0 aromatic heterocycles. The summed E-state index contributed by atoms with van der Waals surface area (Å²) in [6.07, 6.45) is -0.380. The van der Waals surface area contributed by atoms with Crippen molar-refractivity contribution in [2.45, 2.75) is 11.0 Å². The van der Waals surface area contributed by atoms with Gasteiger partial charge in [0.1, 0.15) is 4.90 Å². The van der Waals surface area contributed by atoms with E-state index in [0.29, 0.717) is 19.8 Å². The molecular formula is C12H14ClNO6S. The first-order chi connectivity index (χ1) is 9.90. The Bertz CT molecular complexity index is 627. The molecule has 1 fully saturated rings. The molecule has 1 aromatic rings. The average molecular weight is 336 g/mol. The minimum Gasteiger partial charge on any atom is -0.478 e. The SMILES string of the molecule is O=C(O)c1ccc(Cl)c(S(=O)(=O)NCC2COCCO2)c1. The van der Waals surface area contributed by atoms with E-state index in [1.165, 1.54) is 12.1 Å². The molecule has 2 rings (SSSR count). The lowest BCUT2D eigenvalue weighted by Gasteiger charge is -2.23. The topological polar surface area (TPSA) is 102 Å². The molecule has 0 saturated carbocycles. The maximum Gasteiger partial charge on any atom is 0.335 e. The summed E-state index contributed by atoms with van der Waals surface area (Å²) >= 11 is 5.84. The fourth-order valence-corrected chi connectivity index (χ4v) is 3.37. The molecule has 1 unspecified atom stereocenters. The van der Waals surface area contributed by atoms with Crippen molar-refractivity contribution in [3.63, 3.8) is 0 Å². The van der Waals surface area contributed by atoms with Crippen LogP contribution in [0.15, 0.2) is 23.1 Å². The largest absolute Gasteiger partial charge is 0.478 e. The van der Waals surface area contributed by atoms with Gasteiger partial charge in [0, 0.05) is 6.54 Å². The number of sulfonamides is 1. The van der Waals surface area contributed by atoms with Crippen LogP contribution in [0.2, 0.25) is 5.02 Å². The second kappa shape index (κ2) is 6.71. The van der Waals surface area contributed by atoms with Crippen molar-refractivity contribution in [1.29, 1.82) is 0 Å². The van der Waals surface area contributed by atoms with Gasteiger partial charge in [-0.15, -0.1) is 0 Å². The molecule has 1 heterocycles. The van der Waals surface area contributed by atoms with Gasteiger partial charge in [-0.1, -0.05) is 11.6 Å². The Morgan fingerprint density at radius 1 is 1.43 bits per heavy atom. The van der Waals surface area contributed by atoms with E-state index in [0.717, 1.165) is 6.07 Å². The maximum absolute atomic E-state index is 12.2. The molecule has 9 heteroatoms. The molecule has 2 N–H and O–H groups in total. The van der Waals surface area contributed by atoms with Gasteiger partial charge in [0.25, 0.3) is 0 Å². The van der Waals surface area contributed by atoms with Crippen LogP contribution in [0.1, 0.15) is 10.4 Å². The number of benzene rings is 1. The number of aromatic carboxylic acids is 1. The first-order valence-corrected chi connectivity index (χ1v) is 7.98. The van der Waals surface area contributed by atoms with Gasteiger partial charge in [0.05, 0.1) is 36.5 Å². The Hall–Kier alpha value is -1.19. The standard InChI is InChI=1S/C12H14ClNO6S/c13-10-2-1-8(12(15)16)5-11(10)21(17,18)14-6-9-7-19-3-4-20-9/h1-2,5,9,14H,3-4,6-7H2,(H,15,16). The zero-order chi connectivity index (χ0) is 15.5. The van der Waals surface area contributed by atoms with Crippen LogP contribution in [0.25, 0.3) is 0 Å². The highest BCUT2D eigenvalue weighted by Crippen LogP contribution is 2.22. The summed E-state index contributed by atoms with van der Waals surface area (Å²) in [5, 5.41) is 8.86. The summed E-state index contributed by atoms with van der Waals surface area (Å²) in [5.41, 5.74) is -0.156. The van der Waals surface area contributed by atoms with E-state index in [1.807, 2.05) is 0 Å². The zero-order valence-corrected chi connectivity index (χ0v) is 12.5. The molecule has 116 valence electrons. The van der Waals surface area contributed by atoms with Crippen LogP contribution >= 0.6 is 11.6 Å². The molecule has 1 aliphatic heterocycles. The molecule has 0 bridgehead atoms. The predicted octanol–water partition coefficient (Wildman–Crippen LogP) is 0.732. The van der Waals surface area contributed by atoms with Crippen molar-refractivity contribution in [3.05, 3.63) is 28.8 Å². The summed E-state index contributed by atoms with van der Waals surface area (Å²) < 4.78 is 37.2. The van der Waals surface area contributed by atoms with Gasteiger partial charge in [0.2, 0.25) is 10.0 Å². The van der Waals surface area contributed by atoms with Crippen LogP contribution in [-0.2, 0) is 19.5 Å². The third kappa shape index (κ3) is 4.14. The molecule has 0 spiro atoms. The number of carbonyl (C=O) groups is 1. The van der Waals surface area contributed by atoms with Crippen LogP contribution < -0.4 is 4.72 Å². The maximum atomic E-state index is 12.2. The number of hydrogen-bond donors (Lipinski definition) is 2. The summed E-state index contributed by atoms with van der Waals surface area (Å²) in [6.45, 7) is 1.21. The first-order valence-electron chi connectivity index (χ1n) is 6.12. The predicted molar refractivity (Wildman–Crippen MR) is 74.2 cm³/mol. The third-order valence-corrected chi connectivity index (χ3v) is 4.76. The van der Waals surface area contributed by atoms with E-state index >= 15 is 0 Å². The Balaban J connectivity index is 2.14. The van der Waals surface area contributed by atoms with Gasteiger partial charge in [-0.2, -0.15) is 0 Å². The summed E-state index contributed by atoms with van der Waals surface area (Å²) in [4.78, 5) is 10.6. The van der Waals surface area contributed by atoms with Crippen molar-refractivity contribution in [1.82, 2.24) is 4.72 Å². The van der Waals surface area contributed by atoms with Crippen LogP contribution in [0.5, 0.6) is 0 Å². The van der Waals surface area contributed by atoms with Crippen molar-refractivity contribution < 1.29 is 27.8 Å². The number of carboxylic acid groups (broad SMARTS) is 1. The summed E-state index contributed by atoms with van der Waals surface area (Å²) in [5.74, 6) is -1.23. The molecular weight excluding hydrogens is 322 g/mol. The zero-order valence-electron chi connectivity index (χ0n) is 10.9. The lowest BCUT2D eigenvalue weighted by Crippen LogP contribution is -2.39. The highest BCUT2D eigenvalue weighted by molar-refractivity contribution is 7.89. The summed E-state index contributed by atoms with van der Waals surface area (Å²) in [6, 6.07) is 3.49. The molecule has 1 aromatic carbocycles. The van der Waals surface area contributed by atoms with E-state index in [4.69, 9.17) is 26.2 Å². The molecule has 7 nitrogen and oxygen atoms in total. The molecule has 0 amide bonds. The highest BCUT2D eigenvalue weighted by atomic mass is 35.5. The van der Waals surface area contributed by atoms with E-state index in [-0.39, 0.29) is 28.1 Å². The van der Waals surface area contributed by atoms with Gasteiger partial charge in [0.15, 0.2) is 0 Å². The van der Waals surface area contributed by atoms with Crippen LogP contribution in [0.4, 0.5) is 0 Å².